The molecule has 1 aliphatic heterocycles. The number of hydrogen-bond donors (Lipinski definition) is 1. The van der Waals surface area contributed by atoms with Crippen molar-refractivity contribution in [3.8, 4) is 11.5 Å². The summed E-state index contributed by atoms with van der Waals surface area (Å²) in [6, 6.07) is 6.24. The number of ether oxygens (including phenoxy) is 3. The second kappa shape index (κ2) is 7.76. The van der Waals surface area contributed by atoms with Gasteiger partial charge in [0.2, 0.25) is 18.5 Å². The minimum atomic E-state index is -0.687. The highest BCUT2D eigenvalue weighted by atomic mass is 35.5. The Morgan fingerprint density at radius 3 is 2.85 bits per heavy atom. The van der Waals surface area contributed by atoms with E-state index in [1.54, 1.807) is 12.1 Å². The highest BCUT2D eigenvalue weighted by molar-refractivity contribution is 7.14. The van der Waals surface area contributed by atoms with Crippen LogP contribution in [0.25, 0.3) is 0 Å². The fraction of sp³-hybridized carbons (Fsp3) is 0.235. The third kappa shape index (κ3) is 4.14. The van der Waals surface area contributed by atoms with Crippen LogP contribution in [0.15, 0.2) is 24.3 Å². The third-order valence-corrected chi connectivity index (χ3v) is 4.85. The van der Waals surface area contributed by atoms with Crippen LogP contribution in [0.3, 0.4) is 0 Å². The Hall–Kier alpha value is -2.58. The zero-order valence-corrected chi connectivity index (χ0v) is 15.2. The van der Waals surface area contributed by atoms with E-state index in [0.29, 0.717) is 22.9 Å². The normalized spacial score (nSPS) is 11.9. The van der Waals surface area contributed by atoms with Gasteiger partial charge in [-0.3, -0.25) is 9.59 Å². The summed E-state index contributed by atoms with van der Waals surface area (Å²) in [4.78, 5) is 36.5. The first kappa shape index (κ1) is 18.2. The molecule has 0 fully saturated rings. The summed E-state index contributed by atoms with van der Waals surface area (Å²) < 4.78 is 15.4. The van der Waals surface area contributed by atoms with Crippen LogP contribution in [0, 0.1) is 0 Å². The van der Waals surface area contributed by atoms with Gasteiger partial charge in [0.05, 0.1) is 22.0 Å². The SMILES string of the molecule is CC(=O)NCc1ccc(C(=O)COC(=O)c2cc(Cl)c3c(c2)OCO3)s1. The lowest BCUT2D eigenvalue weighted by molar-refractivity contribution is -0.119. The van der Waals surface area contributed by atoms with Gasteiger partial charge in [-0.05, 0) is 24.3 Å². The molecular weight excluding hydrogens is 382 g/mol. The summed E-state index contributed by atoms with van der Waals surface area (Å²) in [6.07, 6.45) is 0. The Labute approximate surface area is 157 Å². The first-order valence-corrected chi connectivity index (χ1v) is 8.76. The smallest absolute Gasteiger partial charge is 0.338 e. The van der Waals surface area contributed by atoms with Gasteiger partial charge in [-0.1, -0.05) is 11.6 Å². The summed E-state index contributed by atoms with van der Waals surface area (Å²) in [7, 11) is 0. The van der Waals surface area contributed by atoms with Crippen molar-refractivity contribution < 1.29 is 28.6 Å². The number of benzene rings is 1. The number of Topliss-reactive ketones (excluding diaryl/α,β-unsaturated/α-hetero) is 1. The molecule has 3 rings (SSSR count). The van der Waals surface area contributed by atoms with Gasteiger partial charge in [0.15, 0.2) is 18.1 Å². The second-order valence-corrected chi connectivity index (χ2v) is 6.94. The first-order chi connectivity index (χ1) is 12.4. The van der Waals surface area contributed by atoms with E-state index in [1.807, 2.05) is 0 Å². The maximum Gasteiger partial charge on any atom is 0.338 e. The number of amides is 1. The van der Waals surface area contributed by atoms with Crippen molar-refractivity contribution in [3.05, 3.63) is 44.6 Å². The molecule has 1 aliphatic rings. The Morgan fingerprint density at radius 1 is 1.27 bits per heavy atom. The molecule has 0 aliphatic carbocycles. The Kier molecular flexibility index (Phi) is 5.43. The number of carbonyl (C=O) groups excluding carboxylic acids is 3. The quantitative estimate of drug-likeness (QED) is 0.597. The van der Waals surface area contributed by atoms with E-state index in [9.17, 15) is 14.4 Å². The summed E-state index contributed by atoms with van der Waals surface area (Å²) in [6.45, 7) is 1.40. The van der Waals surface area contributed by atoms with Crippen LogP contribution in [0.5, 0.6) is 11.5 Å². The van der Waals surface area contributed by atoms with E-state index in [-0.39, 0.29) is 29.1 Å². The lowest BCUT2D eigenvalue weighted by atomic mass is 10.2. The number of esters is 1. The second-order valence-electron chi connectivity index (χ2n) is 5.37. The van der Waals surface area contributed by atoms with Crippen molar-refractivity contribution in [3.63, 3.8) is 0 Å². The fourth-order valence-corrected chi connectivity index (χ4v) is 3.34. The molecule has 7 nitrogen and oxygen atoms in total. The molecule has 0 radical (unpaired) electrons. The predicted octanol–water partition coefficient (Wildman–Crippen LogP) is 2.81. The van der Waals surface area contributed by atoms with Crippen LogP contribution in [-0.2, 0) is 16.1 Å². The van der Waals surface area contributed by atoms with E-state index in [4.69, 9.17) is 25.8 Å². The van der Waals surface area contributed by atoms with Crippen molar-refractivity contribution in [2.24, 2.45) is 0 Å². The average Bonchev–Trinajstić information content (AvgIpc) is 3.26. The number of fused-ring (bicyclic) bond motifs is 1. The number of thiophene rings is 1. The number of halogens is 1. The molecule has 0 atom stereocenters. The summed E-state index contributed by atoms with van der Waals surface area (Å²) in [5.41, 5.74) is 0.171. The number of rotatable bonds is 6. The van der Waals surface area contributed by atoms with Gasteiger partial charge in [0.1, 0.15) is 0 Å². The Balaban J connectivity index is 1.58. The van der Waals surface area contributed by atoms with Gasteiger partial charge < -0.3 is 19.5 Å². The van der Waals surface area contributed by atoms with Gasteiger partial charge in [0, 0.05) is 11.8 Å². The first-order valence-electron chi connectivity index (χ1n) is 7.56. The van der Waals surface area contributed by atoms with Gasteiger partial charge >= 0.3 is 5.97 Å². The Morgan fingerprint density at radius 2 is 2.08 bits per heavy atom. The molecular formula is C17H14ClNO6S. The van der Waals surface area contributed by atoms with Crippen LogP contribution in [-0.4, -0.2) is 31.1 Å². The van der Waals surface area contributed by atoms with Crippen molar-refractivity contribution in [2.75, 3.05) is 13.4 Å². The van der Waals surface area contributed by atoms with E-state index in [0.717, 1.165) is 4.88 Å². The van der Waals surface area contributed by atoms with E-state index in [2.05, 4.69) is 5.32 Å². The van der Waals surface area contributed by atoms with Crippen molar-refractivity contribution in [1.82, 2.24) is 5.32 Å². The van der Waals surface area contributed by atoms with Crippen LogP contribution in [0.4, 0.5) is 0 Å². The maximum atomic E-state index is 12.2. The largest absolute Gasteiger partial charge is 0.454 e. The molecule has 1 amide bonds. The highest BCUT2D eigenvalue weighted by Crippen LogP contribution is 2.39. The van der Waals surface area contributed by atoms with Gasteiger partial charge in [-0.2, -0.15) is 0 Å². The van der Waals surface area contributed by atoms with Gasteiger partial charge in [-0.15, -0.1) is 11.3 Å². The monoisotopic (exact) mass is 395 g/mol. The van der Waals surface area contributed by atoms with Gasteiger partial charge in [0.25, 0.3) is 0 Å². The predicted molar refractivity (Wildman–Crippen MR) is 94.0 cm³/mol. The van der Waals surface area contributed by atoms with Crippen LogP contribution in [0.1, 0.15) is 31.8 Å². The Bertz CT molecular complexity index is 878. The molecule has 0 spiro atoms. The number of carbonyl (C=O) groups is 3. The zero-order chi connectivity index (χ0) is 18.7. The van der Waals surface area contributed by atoms with Crippen LogP contribution >= 0.6 is 22.9 Å². The number of ketones is 1. The topological polar surface area (TPSA) is 90.9 Å². The maximum absolute atomic E-state index is 12.2. The molecule has 0 saturated carbocycles. The summed E-state index contributed by atoms with van der Waals surface area (Å²) in [5.74, 6) is -0.429. The summed E-state index contributed by atoms with van der Waals surface area (Å²) >= 11 is 7.26. The molecule has 26 heavy (non-hydrogen) atoms. The third-order valence-electron chi connectivity index (χ3n) is 3.45. The lowest BCUT2D eigenvalue weighted by Crippen LogP contribution is -2.18. The zero-order valence-electron chi connectivity index (χ0n) is 13.7. The van der Waals surface area contributed by atoms with Crippen molar-refractivity contribution in [1.29, 1.82) is 0 Å². The molecule has 0 saturated heterocycles. The minimum absolute atomic E-state index is 0.0330. The van der Waals surface area contributed by atoms with E-state index >= 15 is 0 Å². The molecule has 2 heterocycles. The standard InChI is InChI=1S/C17H14ClNO6S/c1-9(20)19-6-11-2-3-15(26-11)13(21)7-23-17(22)10-4-12(18)16-14(5-10)24-8-25-16/h2-5H,6-8H2,1H3,(H,19,20). The summed E-state index contributed by atoms with van der Waals surface area (Å²) in [5, 5.41) is 2.89. The van der Waals surface area contributed by atoms with E-state index < -0.39 is 12.6 Å². The van der Waals surface area contributed by atoms with Crippen molar-refractivity contribution >= 4 is 40.6 Å². The molecule has 136 valence electrons. The molecule has 1 aromatic heterocycles. The number of hydrogen-bond acceptors (Lipinski definition) is 7. The molecule has 0 bridgehead atoms. The molecule has 9 heteroatoms. The average molecular weight is 396 g/mol. The number of nitrogens with one attached hydrogen (secondary N) is 1. The van der Waals surface area contributed by atoms with Gasteiger partial charge in [-0.25, -0.2) is 4.79 Å². The fourth-order valence-electron chi connectivity index (χ4n) is 2.21. The van der Waals surface area contributed by atoms with Crippen molar-refractivity contribution in [2.45, 2.75) is 13.5 Å². The molecule has 2 aromatic rings. The molecule has 1 N–H and O–H groups in total. The molecule has 0 unspecified atom stereocenters. The van der Waals surface area contributed by atoms with Crippen LogP contribution < -0.4 is 14.8 Å². The molecule has 1 aromatic carbocycles. The minimum Gasteiger partial charge on any atom is -0.454 e. The highest BCUT2D eigenvalue weighted by Gasteiger charge is 2.22. The van der Waals surface area contributed by atoms with E-state index in [1.165, 1.54) is 30.4 Å². The van der Waals surface area contributed by atoms with Crippen LogP contribution in [0.2, 0.25) is 5.02 Å². The lowest BCUT2D eigenvalue weighted by Gasteiger charge is -2.05.